The molecular weight excluding hydrogens is 376 g/mol. The van der Waals surface area contributed by atoms with Gasteiger partial charge in [0.25, 0.3) is 15.9 Å². The molecule has 1 amide bonds. The molecule has 1 heterocycles. The molecule has 2 rings (SSSR count). The number of aryl methyl sites for hydroxylation is 1. The first-order valence-corrected chi connectivity index (χ1v) is 9.09. The molecule has 0 bridgehead atoms. The molecule has 0 aliphatic rings. The first-order chi connectivity index (χ1) is 9.85. The fraction of sp³-hybridized carbons (Fsp3) is 0.154. The highest BCUT2D eigenvalue weighted by atomic mass is 79.9. The minimum absolute atomic E-state index is 0.214. The van der Waals surface area contributed by atoms with Gasteiger partial charge in [0, 0.05) is 17.1 Å². The molecule has 112 valence electrons. The Morgan fingerprint density at radius 2 is 2.00 bits per heavy atom. The van der Waals surface area contributed by atoms with Crippen LogP contribution in [0.25, 0.3) is 0 Å². The number of rotatable bonds is 4. The summed E-state index contributed by atoms with van der Waals surface area (Å²) < 4.78 is 27.9. The average Bonchev–Trinajstić information content (AvgIpc) is 2.87. The van der Waals surface area contributed by atoms with Gasteiger partial charge in [0.2, 0.25) is 0 Å². The first kappa shape index (κ1) is 16.0. The molecule has 2 aromatic rings. The number of benzene rings is 1. The Morgan fingerprint density at radius 1 is 1.29 bits per heavy atom. The van der Waals surface area contributed by atoms with E-state index in [0.29, 0.717) is 21.3 Å². The highest BCUT2D eigenvalue weighted by Crippen LogP contribution is 2.30. The van der Waals surface area contributed by atoms with Gasteiger partial charge in [-0.05, 0) is 58.1 Å². The van der Waals surface area contributed by atoms with Crippen LogP contribution in [0.1, 0.15) is 15.9 Å². The van der Waals surface area contributed by atoms with Crippen LogP contribution in [0.4, 0.5) is 5.69 Å². The second kappa shape index (κ2) is 6.17. The highest BCUT2D eigenvalue weighted by Gasteiger charge is 2.20. The van der Waals surface area contributed by atoms with Crippen LogP contribution in [0.2, 0.25) is 0 Å². The lowest BCUT2D eigenvalue weighted by molar-refractivity contribution is 0.0963. The fourth-order valence-electron chi connectivity index (χ4n) is 1.73. The molecule has 0 aliphatic heterocycles. The van der Waals surface area contributed by atoms with Crippen molar-refractivity contribution in [2.75, 3.05) is 11.8 Å². The van der Waals surface area contributed by atoms with Crippen LogP contribution in [-0.2, 0) is 10.0 Å². The Bertz CT molecular complexity index is 784. The molecule has 1 aromatic heterocycles. The van der Waals surface area contributed by atoms with Gasteiger partial charge in [-0.2, -0.15) is 0 Å². The van der Waals surface area contributed by atoms with Crippen molar-refractivity contribution >= 4 is 48.9 Å². The molecular formula is C13H13BrN2O3S2. The first-order valence-electron chi connectivity index (χ1n) is 5.93. The molecule has 0 radical (unpaired) electrons. The van der Waals surface area contributed by atoms with Crippen LogP contribution < -0.4 is 10.0 Å². The van der Waals surface area contributed by atoms with E-state index in [4.69, 9.17) is 0 Å². The van der Waals surface area contributed by atoms with Crippen LogP contribution in [0, 0.1) is 6.92 Å². The number of hydrogen-bond acceptors (Lipinski definition) is 4. The molecule has 0 aliphatic carbocycles. The van der Waals surface area contributed by atoms with Crippen LogP contribution in [-0.4, -0.2) is 21.4 Å². The minimum Gasteiger partial charge on any atom is -0.355 e. The predicted octanol–water partition coefficient (Wildman–Crippen LogP) is 2.98. The van der Waals surface area contributed by atoms with Crippen molar-refractivity contribution in [1.29, 1.82) is 0 Å². The Labute approximate surface area is 135 Å². The molecule has 21 heavy (non-hydrogen) atoms. The van der Waals surface area contributed by atoms with E-state index >= 15 is 0 Å². The lowest BCUT2D eigenvalue weighted by Gasteiger charge is -2.11. The molecule has 0 unspecified atom stereocenters. The zero-order valence-corrected chi connectivity index (χ0v) is 14.5. The predicted molar refractivity (Wildman–Crippen MR) is 87.4 cm³/mol. The fourth-order valence-corrected chi connectivity index (χ4v) is 5.20. The third-order valence-corrected chi connectivity index (χ3v) is 6.82. The summed E-state index contributed by atoms with van der Waals surface area (Å²) in [4.78, 5) is 11.5. The molecule has 2 N–H and O–H groups in total. The van der Waals surface area contributed by atoms with Gasteiger partial charge < -0.3 is 5.32 Å². The van der Waals surface area contributed by atoms with Gasteiger partial charge in [-0.15, -0.1) is 11.3 Å². The second-order valence-electron chi connectivity index (χ2n) is 4.27. The molecule has 0 saturated carbocycles. The van der Waals surface area contributed by atoms with Crippen LogP contribution in [0.5, 0.6) is 0 Å². The standard InChI is InChI=1S/C13H13BrN2O3S2/c1-8-7-9(12(17)15-2)3-4-11(8)16-21(18,19)13-10(14)5-6-20-13/h3-7,16H,1-2H3,(H,15,17). The number of anilines is 1. The van der Waals surface area contributed by atoms with Gasteiger partial charge in [0.05, 0.1) is 5.69 Å². The molecule has 5 nitrogen and oxygen atoms in total. The number of thiophene rings is 1. The molecule has 0 atom stereocenters. The van der Waals surface area contributed by atoms with Crippen molar-refractivity contribution in [2.45, 2.75) is 11.1 Å². The lowest BCUT2D eigenvalue weighted by atomic mass is 10.1. The zero-order valence-electron chi connectivity index (χ0n) is 11.3. The van der Waals surface area contributed by atoms with Crippen molar-refractivity contribution in [2.24, 2.45) is 0 Å². The van der Waals surface area contributed by atoms with Crippen molar-refractivity contribution in [3.05, 3.63) is 45.2 Å². The molecule has 8 heteroatoms. The summed E-state index contributed by atoms with van der Waals surface area (Å²) in [7, 11) is -2.10. The van der Waals surface area contributed by atoms with Gasteiger partial charge in [0.1, 0.15) is 0 Å². The van der Waals surface area contributed by atoms with E-state index in [-0.39, 0.29) is 10.1 Å². The van der Waals surface area contributed by atoms with E-state index in [0.717, 1.165) is 11.3 Å². The number of hydrogen-bond donors (Lipinski definition) is 2. The molecule has 0 saturated heterocycles. The summed E-state index contributed by atoms with van der Waals surface area (Å²) in [6.07, 6.45) is 0. The van der Waals surface area contributed by atoms with E-state index in [2.05, 4.69) is 26.0 Å². The largest absolute Gasteiger partial charge is 0.355 e. The highest BCUT2D eigenvalue weighted by molar-refractivity contribution is 9.10. The van der Waals surface area contributed by atoms with E-state index in [1.807, 2.05) is 0 Å². The Morgan fingerprint density at radius 3 is 2.52 bits per heavy atom. The third kappa shape index (κ3) is 3.45. The number of halogens is 1. The molecule has 0 fully saturated rings. The summed E-state index contributed by atoms with van der Waals surface area (Å²) in [5.41, 5.74) is 1.60. The van der Waals surface area contributed by atoms with Gasteiger partial charge in [-0.3, -0.25) is 9.52 Å². The Kier molecular flexibility index (Phi) is 4.70. The maximum Gasteiger partial charge on any atom is 0.272 e. The number of carbonyl (C=O) groups excluding carboxylic acids is 1. The van der Waals surface area contributed by atoms with Crippen molar-refractivity contribution in [3.63, 3.8) is 0 Å². The maximum absolute atomic E-state index is 12.3. The van der Waals surface area contributed by atoms with Gasteiger partial charge in [-0.1, -0.05) is 0 Å². The van der Waals surface area contributed by atoms with Crippen LogP contribution in [0.15, 0.2) is 38.3 Å². The van der Waals surface area contributed by atoms with Crippen molar-refractivity contribution in [1.82, 2.24) is 5.32 Å². The smallest absolute Gasteiger partial charge is 0.272 e. The maximum atomic E-state index is 12.3. The van der Waals surface area contributed by atoms with E-state index < -0.39 is 10.0 Å². The van der Waals surface area contributed by atoms with Crippen LogP contribution in [0.3, 0.4) is 0 Å². The third-order valence-electron chi connectivity index (χ3n) is 2.79. The van der Waals surface area contributed by atoms with E-state index in [1.54, 1.807) is 43.6 Å². The Balaban J connectivity index is 2.32. The van der Waals surface area contributed by atoms with E-state index in [9.17, 15) is 13.2 Å². The van der Waals surface area contributed by atoms with E-state index in [1.165, 1.54) is 0 Å². The quantitative estimate of drug-likeness (QED) is 0.844. The second-order valence-corrected chi connectivity index (χ2v) is 7.92. The lowest BCUT2D eigenvalue weighted by Crippen LogP contribution is -2.18. The summed E-state index contributed by atoms with van der Waals surface area (Å²) in [6, 6.07) is 6.48. The monoisotopic (exact) mass is 388 g/mol. The summed E-state index contributed by atoms with van der Waals surface area (Å²) in [5, 5.41) is 4.22. The average molecular weight is 389 g/mol. The number of sulfonamides is 1. The SMILES string of the molecule is CNC(=O)c1ccc(NS(=O)(=O)c2sccc2Br)c(C)c1. The van der Waals surface area contributed by atoms with Gasteiger partial charge >= 0.3 is 0 Å². The number of carbonyl (C=O) groups is 1. The molecule has 1 aromatic carbocycles. The number of amides is 1. The minimum atomic E-state index is -3.64. The normalized spacial score (nSPS) is 11.2. The van der Waals surface area contributed by atoms with Gasteiger partial charge in [-0.25, -0.2) is 8.42 Å². The number of nitrogens with one attached hydrogen (secondary N) is 2. The zero-order chi connectivity index (χ0) is 15.6. The Hall–Kier alpha value is -1.38. The molecule has 0 spiro atoms. The summed E-state index contributed by atoms with van der Waals surface area (Å²) in [6.45, 7) is 1.74. The van der Waals surface area contributed by atoms with Crippen molar-refractivity contribution in [3.8, 4) is 0 Å². The summed E-state index contributed by atoms with van der Waals surface area (Å²) in [5.74, 6) is -0.214. The summed E-state index contributed by atoms with van der Waals surface area (Å²) >= 11 is 4.34. The van der Waals surface area contributed by atoms with Crippen molar-refractivity contribution < 1.29 is 13.2 Å². The van der Waals surface area contributed by atoms with Crippen LogP contribution >= 0.6 is 27.3 Å². The topological polar surface area (TPSA) is 75.3 Å². The van der Waals surface area contributed by atoms with Gasteiger partial charge in [0.15, 0.2) is 4.21 Å².